The first-order chi connectivity index (χ1) is 13.6. The Kier molecular flexibility index (Phi) is 7.65. The summed E-state index contributed by atoms with van der Waals surface area (Å²) in [4.78, 5) is 20.5. The van der Waals surface area contributed by atoms with Gasteiger partial charge in [-0.25, -0.2) is 4.98 Å². The molecule has 1 saturated heterocycles. The fourth-order valence-corrected chi connectivity index (χ4v) is 3.96. The highest BCUT2D eigenvalue weighted by Crippen LogP contribution is 2.24. The van der Waals surface area contributed by atoms with Crippen molar-refractivity contribution in [1.29, 1.82) is 0 Å². The third-order valence-electron chi connectivity index (χ3n) is 4.44. The molecule has 0 bridgehead atoms. The van der Waals surface area contributed by atoms with Crippen molar-refractivity contribution in [3.63, 3.8) is 0 Å². The largest absolute Gasteiger partial charge is 0.379 e. The highest BCUT2D eigenvalue weighted by atomic mass is 32.2. The Morgan fingerprint density at radius 3 is 2.71 bits per heavy atom. The fourth-order valence-electron chi connectivity index (χ4n) is 2.87. The van der Waals surface area contributed by atoms with E-state index in [1.807, 2.05) is 42.6 Å². The van der Waals surface area contributed by atoms with Crippen LogP contribution < -0.4 is 5.32 Å². The van der Waals surface area contributed by atoms with Crippen LogP contribution in [0.4, 0.5) is 5.82 Å². The summed E-state index contributed by atoms with van der Waals surface area (Å²) in [5.74, 6) is 1.29. The van der Waals surface area contributed by atoms with Gasteiger partial charge in [-0.3, -0.25) is 9.69 Å². The molecule has 5 nitrogen and oxygen atoms in total. The van der Waals surface area contributed by atoms with Gasteiger partial charge in [0, 0.05) is 36.5 Å². The number of benzene rings is 1. The van der Waals surface area contributed by atoms with Crippen LogP contribution in [-0.2, 0) is 11.3 Å². The first-order valence-electron chi connectivity index (χ1n) is 9.53. The number of pyridine rings is 1. The van der Waals surface area contributed by atoms with Crippen LogP contribution in [0.25, 0.3) is 0 Å². The summed E-state index contributed by atoms with van der Waals surface area (Å²) in [7, 11) is 0. The topological polar surface area (TPSA) is 54.5 Å². The molecule has 6 heteroatoms. The highest BCUT2D eigenvalue weighted by Gasteiger charge is 2.13. The quantitative estimate of drug-likeness (QED) is 0.560. The third kappa shape index (κ3) is 6.19. The molecule has 1 aliphatic rings. The Morgan fingerprint density at radius 1 is 1.21 bits per heavy atom. The number of carbonyl (C=O) groups excluding carboxylic acids is 1. The molecule has 1 fully saturated rings. The average molecular weight is 398 g/mol. The van der Waals surface area contributed by atoms with Crippen LogP contribution in [0.15, 0.2) is 59.1 Å². The predicted molar refractivity (Wildman–Crippen MR) is 115 cm³/mol. The molecule has 1 aromatic heterocycles. The van der Waals surface area contributed by atoms with Crippen molar-refractivity contribution in [2.75, 3.05) is 37.4 Å². The summed E-state index contributed by atoms with van der Waals surface area (Å²) in [6.45, 7) is 8.47. The number of carbonyl (C=O) groups is 1. The van der Waals surface area contributed by atoms with E-state index in [0.717, 1.165) is 49.1 Å². The molecule has 0 spiro atoms. The second-order valence-corrected chi connectivity index (χ2v) is 8.04. The van der Waals surface area contributed by atoms with Crippen molar-refractivity contribution in [3.05, 3.63) is 65.4 Å². The third-order valence-corrected chi connectivity index (χ3v) is 5.44. The van der Waals surface area contributed by atoms with Crippen molar-refractivity contribution < 1.29 is 9.53 Å². The molecular weight excluding hydrogens is 370 g/mol. The zero-order chi connectivity index (χ0) is 19.8. The summed E-state index contributed by atoms with van der Waals surface area (Å²) in [5.41, 5.74) is 3.09. The minimum atomic E-state index is -0.131. The van der Waals surface area contributed by atoms with E-state index in [-0.39, 0.29) is 5.91 Å². The van der Waals surface area contributed by atoms with Gasteiger partial charge >= 0.3 is 0 Å². The van der Waals surface area contributed by atoms with E-state index >= 15 is 0 Å². The van der Waals surface area contributed by atoms with Gasteiger partial charge in [-0.15, -0.1) is 11.8 Å². The van der Waals surface area contributed by atoms with Crippen molar-refractivity contribution >= 4 is 23.5 Å². The number of hydrogen-bond acceptors (Lipinski definition) is 5. The smallest absolute Gasteiger partial charge is 0.257 e. The summed E-state index contributed by atoms with van der Waals surface area (Å²) in [6, 6.07) is 11.6. The van der Waals surface area contributed by atoms with Crippen LogP contribution in [0.2, 0.25) is 0 Å². The lowest BCUT2D eigenvalue weighted by Crippen LogP contribution is -2.35. The van der Waals surface area contributed by atoms with Crippen molar-refractivity contribution in [1.82, 2.24) is 9.88 Å². The molecule has 1 aliphatic heterocycles. The molecule has 0 unspecified atom stereocenters. The Bertz CT molecular complexity index is 811. The second kappa shape index (κ2) is 10.4. The molecule has 2 aromatic rings. The van der Waals surface area contributed by atoms with Crippen molar-refractivity contribution in [2.45, 2.75) is 25.3 Å². The number of nitrogens with zero attached hydrogens (tertiary/aromatic N) is 2. The molecule has 0 aliphatic carbocycles. The summed E-state index contributed by atoms with van der Waals surface area (Å²) in [6.07, 6.45) is 3.99. The lowest BCUT2D eigenvalue weighted by atomic mass is 10.2. The number of hydrogen-bond donors (Lipinski definition) is 1. The van der Waals surface area contributed by atoms with Gasteiger partial charge in [-0.1, -0.05) is 29.8 Å². The molecule has 3 rings (SSSR count). The Morgan fingerprint density at radius 2 is 2.00 bits per heavy atom. The molecule has 0 radical (unpaired) electrons. The summed E-state index contributed by atoms with van der Waals surface area (Å²) < 4.78 is 5.38. The van der Waals surface area contributed by atoms with E-state index in [9.17, 15) is 4.79 Å². The first-order valence-corrected chi connectivity index (χ1v) is 10.5. The minimum Gasteiger partial charge on any atom is -0.379 e. The van der Waals surface area contributed by atoms with Crippen molar-refractivity contribution in [3.8, 4) is 0 Å². The maximum absolute atomic E-state index is 12.7. The molecular formula is C22H27N3O2S. The second-order valence-electron chi connectivity index (χ2n) is 6.98. The molecule has 28 heavy (non-hydrogen) atoms. The number of anilines is 1. The number of morpholine rings is 1. The predicted octanol–water partition coefficient (Wildman–Crippen LogP) is 4.22. The number of thioether (sulfide) groups is 1. The van der Waals surface area contributed by atoms with Gasteiger partial charge in [0.15, 0.2) is 0 Å². The Labute approximate surface area is 171 Å². The summed E-state index contributed by atoms with van der Waals surface area (Å²) >= 11 is 1.66. The molecule has 2 heterocycles. The molecule has 1 amide bonds. The minimum absolute atomic E-state index is 0.131. The van der Waals surface area contributed by atoms with Crippen LogP contribution in [0.5, 0.6) is 0 Å². The number of amides is 1. The molecule has 1 N–H and O–H groups in total. The Balaban J connectivity index is 1.60. The van der Waals surface area contributed by atoms with Gasteiger partial charge in [-0.05, 0) is 37.6 Å². The highest BCUT2D eigenvalue weighted by molar-refractivity contribution is 7.99. The van der Waals surface area contributed by atoms with Crippen LogP contribution in [0.1, 0.15) is 29.8 Å². The van der Waals surface area contributed by atoms with Crippen LogP contribution in [-0.4, -0.2) is 47.8 Å². The molecule has 0 atom stereocenters. The van der Waals surface area contributed by atoms with Crippen LogP contribution in [0.3, 0.4) is 0 Å². The van der Waals surface area contributed by atoms with Crippen molar-refractivity contribution in [2.24, 2.45) is 0 Å². The Hall–Kier alpha value is -2.15. The van der Waals surface area contributed by atoms with Crippen LogP contribution in [0, 0.1) is 0 Å². The van der Waals surface area contributed by atoms with Gasteiger partial charge in [0.1, 0.15) is 5.82 Å². The van der Waals surface area contributed by atoms with Crippen LogP contribution >= 0.6 is 11.8 Å². The maximum atomic E-state index is 12.7. The molecule has 148 valence electrons. The number of ether oxygens (including phenoxy) is 1. The fraction of sp³-hybridized carbons (Fsp3) is 0.364. The number of aromatic nitrogens is 1. The standard InChI is InChI=1S/C22H27N3O2S/c1-17(2)9-14-28-20-6-4-3-5-19(20)22(26)24-21-8-7-18(15-23-21)16-25-10-12-27-13-11-25/h3-9,15H,10-14,16H2,1-2H3,(H,23,24,26). The number of allylic oxidation sites excluding steroid dienone is 1. The van der Waals surface area contributed by atoms with E-state index in [4.69, 9.17) is 4.74 Å². The van der Waals surface area contributed by atoms with Gasteiger partial charge in [0.25, 0.3) is 5.91 Å². The molecule has 1 aromatic carbocycles. The van der Waals surface area contributed by atoms with E-state index < -0.39 is 0 Å². The zero-order valence-electron chi connectivity index (χ0n) is 16.5. The normalized spacial score (nSPS) is 14.5. The average Bonchev–Trinajstić information content (AvgIpc) is 2.70. The zero-order valence-corrected chi connectivity index (χ0v) is 17.3. The van der Waals surface area contributed by atoms with E-state index in [2.05, 4.69) is 35.1 Å². The van der Waals surface area contributed by atoms with Gasteiger partial charge in [0.05, 0.1) is 18.8 Å². The molecule has 0 saturated carbocycles. The SMILES string of the molecule is CC(C)=CCSc1ccccc1C(=O)Nc1ccc(CN2CCOCC2)cn1. The monoisotopic (exact) mass is 397 g/mol. The maximum Gasteiger partial charge on any atom is 0.257 e. The van der Waals surface area contributed by atoms with E-state index in [1.165, 1.54) is 5.57 Å². The lowest BCUT2D eigenvalue weighted by molar-refractivity contribution is 0.0341. The van der Waals surface area contributed by atoms with Gasteiger partial charge < -0.3 is 10.1 Å². The number of rotatable bonds is 7. The number of nitrogens with one attached hydrogen (secondary N) is 1. The van der Waals surface area contributed by atoms with E-state index in [0.29, 0.717) is 11.4 Å². The first kappa shape index (κ1) is 20.6. The van der Waals surface area contributed by atoms with E-state index in [1.54, 1.807) is 11.8 Å². The lowest BCUT2D eigenvalue weighted by Gasteiger charge is -2.26. The van der Waals surface area contributed by atoms with Gasteiger partial charge in [0.2, 0.25) is 0 Å². The van der Waals surface area contributed by atoms with Gasteiger partial charge in [-0.2, -0.15) is 0 Å². The summed E-state index contributed by atoms with van der Waals surface area (Å²) in [5, 5.41) is 2.92.